The van der Waals surface area contributed by atoms with E-state index in [0.29, 0.717) is 6.54 Å². The van der Waals surface area contributed by atoms with Gasteiger partial charge in [0.05, 0.1) is 6.54 Å². The number of aryl methyl sites for hydroxylation is 1. The molecule has 0 aliphatic rings. The van der Waals surface area contributed by atoms with Crippen LogP contribution in [0.2, 0.25) is 0 Å². The lowest BCUT2D eigenvalue weighted by Gasteiger charge is -2.04. The van der Waals surface area contributed by atoms with E-state index in [-0.39, 0.29) is 0 Å². The molecule has 0 aromatic carbocycles. The first kappa shape index (κ1) is 13.5. The zero-order valence-corrected chi connectivity index (χ0v) is 10.2. The molecule has 0 bridgehead atoms. The van der Waals surface area contributed by atoms with Crippen molar-refractivity contribution in [3.8, 4) is 0 Å². The summed E-state index contributed by atoms with van der Waals surface area (Å²) in [5.41, 5.74) is 1.98. The fourth-order valence-corrected chi connectivity index (χ4v) is 1.97. The van der Waals surface area contributed by atoms with E-state index in [4.69, 9.17) is 5.11 Å². The van der Waals surface area contributed by atoms with Gasteiger partial charge in [0.15, 0.2) is 6.61 Å². The number of hydrogen-bond acceptors (Lipinski definition) is 4. The third kappa shape index (κ3) is 5.32. The summed E-state index contributed by atoms with van der Waals surface area (Å²) in [5, 5.41) is 10.8. The molecule has 7 heteroatoms. The number of rotatable bonds is 6. The number of hydrogen-bond donors (Lipinski definition) is 3. The Bertz CT molecular complexity index is 391. The number of nitrogens with one attached hydrogen (secondary N) is 2. The van der Waals surface area contributed by atoms with Crippen molar-refractivity contribution < 1.29 is 19.5 Å². The van der Waals surface area contributed by atoms with Gasteiger partial charge in [0, 0.05) is 9.75 Å². The topological polar surface area (TPSA) is 87.7 Å². The summed E-state index contributed by atoms with van der Waals surface area (Å²) in [4.78, 5) is 27.9. The molecule has 0 saturated heterocycles. The average molecular weight is 258 g/mol. The van der Waals surface area contributed by atoms with Crippen LogP contribution in [0.25, 0.3) is 0 Å². The summed E-state index contributed by atoms with van der Waals surface area (Å²) in [7, 11) is 0. The highest BCUT2D eigenvalue weighted by atomic mass is 32.1. The summed E-state index contributed by atoms with van der Waals surface area (Å²) in [5.74, 6) is -1.14. The number of carboxylic acid groups (broad SMARTS) is 1. The quantitative estimate of drug-likeness (QED) is 0.667. The number of carbonyl (C=O) groups excluding carboxylic acids is 1. The van der Waals surface area contributed by atoms with E-state index in [0.717, 1.165) is 11.3 Å². The van der Waals surface area contributed by atoms with Crippen LogP contribution < -0.4 is 10.8 Å². The van der Waals surface area contributed by atoms with Gasteiger partial charge in [0.1, 0.15) is 0 Å². The molecule has 0 unspecified atom stereocenters. The molecule has 0 aliphatic carbocycles. The van der Waals surface area contributed by atoms with E-state index in [1.54, 1.807) is 11.3 Å². The first-order chi connectivity index (χ1) is 8.11. The molecule has 2 amide bonds. The Kier molecular flexibility index (Phi) is 5.44. The third-order valence-electron chi connectivity index (χ3n) is 1.85. The largest absolute Gasteiger partial charge is 0.479 e. The summed E-state index contributed by atoms with van der Waals surface area (Å²) >= 11 is 1.63. The average Bonchev–Trinajstić information content (AvgIpc) is 2.73. The maximum atomic E-state index is 11.1. The van der Waals surface area contributed by atoms with Gasteiger partial charge in [-0.3, -0.25) is 4.84 Å². The minimum atomic E-state index is -1.14. The van der Waals surface area contributed by atoms with E-state index in [9.17, 15) is 9.59 Å². The molecular weight excluding hydrogens is 244 g/mol. The van der Waals surface area contributed by atoms with Gasteiger partial charge in [-0.15, -0.1) is 11.3 Å². The molecule has 1 aromatic rings. The first-order valence-electron chi connectivity index (χ1n) is 5.06. The molecule has 0 spiro atoms. The van der Waals surface area contributed by atoms with E-state index < -0.39 is 18.6 Å². The van der Waals surface area contributed by atoms with Crippen LogP contribution >= 0.6 is 11.3 Å². The van der Waals surface area contributed by atoms with Gasteiger partial charge in [-0.05, 0) is 18.6 Å². The van der Waals surface area contributed by atoms with Crippen LogP contribution in [0, 0.1) is 0 Å². The summed E-state index contributed by atoms with van der Waals surface area (Å²) in [6, 6.07) is 3.40. The number of carboxylic acids is 1. The van der Waals surface area contributed by atoms with Crippen molar-refractivity contribution in [2.45, 2.75) is 19.9 Å². The monoisotopic (exact) mass is 258 g/mol. The second kappa shape index (κ2) is 6.87. The molecule has 94 valence electrons. The lowest BCUT2D eigenvalue weighted by atomic mass is 10.4. The minimum absolute atomic E-state index is 0.396. The van der Waals surface area contributed by atoms with E-state index in [1.165, 1.54) is 4.88 Å². The van der Waals surface area contributed by atoms with Gasteiger partial charge in [-0.1, -0.05) is 6.92 Å². The smallest absolute Gasteiger partial charge is 0.339 e. The summed E-state index contributed by atoms with van der Waals surface area (Å²) in [6.45, 7) is 1.90. The summed E-state index contributed by atoms with van der Waals surface area (Å²) < 4.78 is 0. The summed E-state index contributed by atoms with van der Waals surface area (Å²) in [6.07, 6.45) is 0.971. The van der Waals surface area contributed by atoms with Crippen molar-refractivity contribution in [1.29, 1.82) is 0 Å². The van der Waals surface area contributed by atoms with Gasteiger partial charge in [-0.25, -0.2) is 15.1 Å². The molecule has 6 nitrogen and oxygen atoms in total. The zero-order chi connectivity index (χ0) is 12.7. The fourth-order valence-electron chi connectivity index (χ4n) is 1.07. The molecular formula is C10H14N2O4S. The molecule has 17 heavy (non-hydrogen) atoms. The second-order valence-electron chi connectivity index (χ2n) is 3.19. The van der Waals surface area contributed by atoms with Crippen LogP contribution in [0.3, 0.4) is 0 Å². The molecule has 0 saturated carbocycles. The maximum Gasteiger partial charge on any atom is 0.339 e. The predicted molar refractivity (Wildman–Crippen MR) is 62.7 cm³/mol. The number of thiophene rings is 1. The Morgan fingerprint density at radius 2 is 2.12 bits per heavy atom. The van der Waals surface area contributed by atoms with Crippen LogP contribution in [-0.2, 0) is 22.6 Å². The van der Waals surface area contributed by atoms with Gasteiger partial charge in [0.25, 0.3) is 0 Å². The van der Waals surface area contributed by atoms with E-state index in [2.05, 4.69) is 17.1 Å². The van der Waals surface area contributed by atoms with Crippen LogP contribution in [-0.4, -0.2) is 23.7 Å². The van der Waals surface area contributed by atoms with Crippen molar-refractivity contribution in [2.24, 2.45) is 0 Å². The number of amides is 2. The van der Waals surface area contributed by atoms with Gasteiger partial charge in [-0.2, -0.15) is 0 Å². The molecule has 1 rings (SSSR count). The van der Waals surface area contributed by atoms with Gasteiger partial charge >= 0.3 is 12.0 Å². The van der Waals surface area contributed by atoms with Gasteiger partial charge in [0.2, 0.25) is 0 Å². The molecule has 3 N–H and O–H groups in total. The predicted octanol–water partition coefficient (Wildman–Crippen LogP) is 1.13. The van der Waals surface area contributed by atoms with Crippen LogP contribution in [0.4, 0.5) is 4.79 Å². The molecule has 0 aliphatic heterocycles. The Hall–Kier alpha value is -1.60. The van der Waals surface area contributed by atoms with Crippen molar-refractivity contribution >= 4 is 23.3 Å². The molecule has 1 heterocycles. The molecule has 1 aromatic heterocycles. The SMILES string of the molecule is CCc1ccc(CNC(=O)NOCC(=O)O)s1. The van der Waals surface area contributed by atoms with Crippen LogP contribution in [0.1, 0.15) is 16.7 Å². The number of urea groups is 1. The Labute approximate surface area is 103 Å². The normalized spacial score (nSPS) is 9.94. The Balaban J connectivity index is 2.21. The van der Waals surface area contributed by atoms with Crippen LogP contribution in [0.5, 0.6) is 0 Å². The Morgan fingerprint density at radius 1 is 1.41 bits per heavy atom. The minimum Gasteiger partial charge on any atom is -0.479 e. The highest BCUT2D eigenvalue weighted by Gasteiger charge is 2.03. The van der Waals surface area contributed by atoms with Crippen molar-refractivity contribution in [1.82, 2.24) is 10.8 Å². The fraction of sp³-hybridized carbons (Fsp3) is 0.400. The number of carbonyl (C=O) groups is 2. The van der Waals surface area contributed by atoms with E-state index in [1.807, 2.05) is 17.6 Å². The standard InChI is InChI=1S/C10H14N2O4S/c1-2-7-3-4-8(17-7)5-11-10(15)12-16-6-9(13)14/h3-4H,2,5-6H2,1H3,(H,13,14)(H2,11,12,15). The third-order valence-corrected chi connectivity index (χ3v) is 3.08. The van der Waals surface area contributed by atoms with Crippen LogP contribution in [0.15, 0.2) is 12.1 Å². The maximum absolute atomic E-state index is 11.1. The van der Waals surface area contributed by atoms with E-state index >= 15 is 0 Å². The van der Waals surface area contributed by atoms with Gasteiger partial charge < -0.3 is 10.4 Å². The lowest BCUT2D eigenvalue weighted by molar-refractivity contribution is -0.144. The van der Waals surface area contributed by atoms with Crippen molar-refractivity contribution in [3.63, 3.8) is 0 Å². The second-order valence-corrected chi connectivity index (χ2v) is 4.44. The zero-order valence-electron chi connectivity index (χ0n) is 9.36. The lowest BCUT2D eigenvalue weighted by Crippen LogP contribution is -2.36. The number of aliphatic carboxylic acids is 1. The number of hydroxylamine groups is 1. The Morgan fingerprint density at radius 3 is 2.71 bits per heavy atom. The molecule has 0 atom stereocenters. The van der Waals surface area contributed by atoms with Crippen molar-refractivity contribution in [3.05, 3.63) is 21.9 Å². The highest BCUT2D eigenvalue weighted by Crippen LogP contribution is 2.16. The highest BCUT2D eigenvalue weighted by molar-refractivity contribution is 7.11. The molecule has 0 fully saturated rings. The molecule has 0 radical (unpaired) electrons. The first-order valence-corrected chi connectivity index (χ1v) is 5.88. The van der Waals surface area contributed by atoms with Crippen molar-refractivity contribution in [2.75, 3.05) is 6.61 Å².